The van der Waals surface area contributed by atoms with Crippen LogP contribution in [0.15, 0.2) is 79.0 Å². The van der Waals surface area contributed by atoms with Gasteiger partial charge in [0.15, 0.2) is 0 Å². The van der Waals surface area contributed by atoms with Crippen LogP contribution in [-0.2, 0) is 4.79 Å². The Labute approximate surface area is 229 Å². The molecule has 3 aromatic carbocycles. The number of carbonyl (C=O) groups excluding carboxylic acids is 2. The zero-order valence-corrected chi connectivity index (χ0v) is 23.1. The van der Waals surface area contributed by atoms with Crippen molar-refractivity contribution in [2.75, 3.05) is 46.2 Å². The Morgan fingerprint density at radius 1 is 0.872 bits per heavy atom. The average Bonchev–Trinajstić information content (AvgIpc) is 3.34. The second-order valence-electron chi connectivity index (χ2n) is 9.83. The number of aryl methyl sites for hydroxylation is 2. The van der Waals surface area contributed by atoms with Crippen LogP contribution in [-0.4, -0.2) is 72.0 Å². The SMILES string of the molecule is COc1ccc(-c2cn(-c3ccc(C)cc3)c(NC(=O)CN(CCN(C)C)C(=O)c3ccc(C)cc3)n2)cc1. The van der Waals surface area contributed by atoms with Crippen molar-refractivity contribution in [3.63, 3.8) is 0 Å². The number of benzene rings is 3. The summed E-state index contributed by atoms with van der Waals surface area (Å²) in [6.07, 6.45) is 1.89. The standard InChI is InChI=1S/C31H35N5O3/c1-22-6-10-25(11-7-22)30(38)35(19-18-34(3)4)21-29(37)33-31-32-28(24-12-16-27(39-5)17-13-24)20-36(31)26-14-8-23(2)9-15-26/h6-17,20H,18-19,21H2,1-5H3,(H,32,33,37). The summed E-state index contributed by atoms with van der Waals surface area (Å²) in [4.78, 5) is 35.0. The summed E-state index contributed by atoms with van der Waals surface area (Å²) in [7, 11) is 5.50. The van der Waals surface area contributed by atoms with Gasteiger partial charge < -0.3 is 14.5 Å². The Morgan fingerprint density at radius 3 is 2.08 bits per heavy atom. The van der Waals surface area contributed by atoms with E-state index in [4.69, 9.17) is 9.72 Å². The number of nitrogens with zero attached hydrogens (tertiary/aromatic N) is 4. The zero-order chi connectivity index (χ0) is 27.9. The first-order chi connectivity index (χ1) is 18.7. The van der Waals surface area contributed by atoms with Crippen LogP contribution >= 0.6 is 0 Å². The van der Waals surface area contributed by atoms with Gasteiger partial charge in [-0.2, -0.15) is 0 Å². The second kappa shape index (κ2) is 12.4. The van der Waals surface area contributed by atoms with Gasteiger partial charge in [-0.25, -0.2) is 4.98 Å². The molecular formula is C31H35N5O3. The van der Waals surface area contributed by atoms with Crippen LogP contribution in [0.25, 0.3) is 16.9 Å². The normalized spacial score (nSPS) is 10.9. The van der Waals surface area contributed by atoms with Gasteiger partial charge in [0.05, 0.1) is 12.8 Å². The van der Waals surface area contributed by atoms with Crippen molar-refractivity contribution in [3.8, 4) is 22.7 Å². The summed E-state index contributed by atoms with van der Waals surface area (Å²) >= 11 is 0. The Balaban J connectivity index is 1.61. The minimum atomic E-state index is -0.325. The number of ether oxygens (including phenoxy) is 1. The van der Waals surface area contributed by atoms with Crippen molar-refractivity contribution < 1.29 is 14.3 Å². The first kappa shape index (κ1) is 27.6. The van der Waals surface area contributed by atoms with Crippen molar-refractivity contribution in [3.05, 3.63) is 95.7 Å². The van der Waals surface area contributed by atoms with Crippen LogP contribution in [0.1, 0.15) is 21.5 Å². The van der Waals surface area contributed by atoms with Crippen molar-refractivity contribution in [2.45, 2.75) is 13.8 Å². The molecule has 0 aliphatic carbocycles. The van der Waals surface area contributed by atoms with Gasteiger partial charge in [-0.15, -0.1) is 0 Å². The molecular weight excluding hydrogens is 490 g/mol. The van der Waals surface area contributed by atoms with Crippen molar-refractivity contribution in [1.29, 1.82) is 0 Å². The van der Waals surface area contributed by atoms with E-state index in [0.29, 0.717) is 30.3 Å². The fourth-order valence-corrected chi connectivity index (χ4v) is 4.06. The Bertz CT molecular complexity index is 1410. The molecule has 0 radical (unpaired) electrons. The lowest BCUT2D eigenvalue weighted by atomic mass is 10.1. The first-order valence-electron chi connectivity index (χ1n) is 12.8. The molecule has 8 nitrogen and oxygen atoms in total. The summed E-state index contributed by atoms with van der Waals surface area (Å²) in [5.74, 6) is 0.619. The number of likely N-dealkylation sites (N-methyl/N-ethyl adjacent to an activating group) is 1. The quantitative estimate of drug-likeness (QED) is 0.322. The molecule has 0 saturated carbocycles. The second-order valence-corrected chi connectivity index (χ2v) is 9.83. The van der Waals surface area contributed by atoms with E-state index in [1.807, 2.05) is 104 Å². The third kappa shape index (κ3) is 7.12. The predicted molar refractivity (Wildman–Crippen MR) is 155 cm³/mol. The summed E-state index contributed by atoms with van der Waals surface area (Å²) in [5, 5.41) is 2.95. The number of rotatable bonds is 10. The van der Waals surface area contributed by atoms with Gasteiger partial charge in [0.1, 0.15) is 12.3 Å². The highest BCUT2D eigenvalue weighted by atomic mass is 16.5. The van der Waals surface area contributed by atoms with Crippen LogP contribution in [0, 0.1) is 13.8 Å². The van der Waals surface area contributed by atoms with Crippen LogP contribution in [0.2, 0.25) is 0 Å². The van der Waals surface area contributed by atoms with Crippen molar-refractivity contribution in [2.24, 2.45) is 0 Å². The largest absolute Gasteiger partial charge is 0.497 e. The van der Waals surface area contributed by atoms with Gasteiger partial charge in [-0.05, 0) is 76.5 Å². The van der Waals surface area contributed by atoms with Crippen molar-refractivity contribution >= 4 is 17.8 Å². The first-order valence-corrected chi connectivity index (χ1v) is 12.8. The number of aromatic nitrogens is 2. The highest BCUT2D eigenvalue weighted by Crippen LogP contribution is 2.26. The minimum absolute atomic E-state index is 0.0980. The molecule has 4 rings (SSSR count). The number of amides is 2. The molecule has 202 valence electrons. The highest BCUT2D eigenvalue weighted by molar-refractivity contribution is 5.99. The Hall–Kier alpha value is -4.43. The molecule has 0 aliphatic rings. The fourth-order valence-electron chi connectivity index (χ4n) is 4.06. The van der Waals surface area contributed by atoms with E-state index >= 15 is 0 Å². The lowest BCUT2D eigenvalue weighted by Crippen LogP contribution is -2.41. The third-order valence-corrected chi connectivity index (χ3v) is 6.39. The number of imidazole rings is 1. The number of carbonyl (C=O) groups is 2. The Kier molecular flexibility index (Phi) is 8.78. The molecule has 0 spiro atoms. The maximum atomic E-state index is 13.3. The summed E-state index contributed by atoms with van der Waals surface area (Å²) < 4.78 is 7.13. The van der Waals surface area contributed by atoms with E-state index < -0.39 is 0 Å². The average molecular weight is 526 g/mol. The number of hydrogen-bond donors (Lipinski definition) is 1. The number of anilines is 1. The van der Waals surface area contributed by atoms with Crippen LogP contribution in [0.4, 0.5) is 5.95 Å². The maximum Gasteiger partial charge on any atom is 0.254 e. The lowest BCUT2D eigenvalue weighted by Gasteiger charge is -2.24. The van der Waals surface area contributed by atoms with Gasteiger partial charge in [0.2, 0.25) is 11.9 Å². The van der Waals surface area contributed by atoms with Gasteiger partial charge >= 0.3 is 0 Å². The Morgan fingerprint density at radius 2 is 1.49 bits per heavy atom. The van der Waals surface area contributed by atoms with Crippen LogP contribution in [0.5, 0.6) is 5.75 Å². The summed E-state index contributed by atoms with van der Waals surface area (Å²) in [5.41, 5.74) is 5.21. The number of nitrogens with one attached hydrogen (secondary N) is 1. The molecule has 0 atom stereocenters. The summed E-state index contributed by atoms with van der Waals surface area (Å²) in [6.45, 7) is 4.94. The monoisotopic (exact) mass is 525 g/mol. The van der Waals surface area contributed by atoms with Gasteiger partial charge in [0, 0.05) is 36.1 Å². The van der Waals surface area contributed by atoms with E-state index in [1.54, 1.807) is 24.1 Å². The molecule has 4 aromatic rings. The van der Waals surface area contributed by atoms with E-state index in [0.717, 1.165) is 28.1 Å². The molecule has 0 fully saturated rings. The van der Waals surface area contributed by atoms with Gasteiger partial charge in [-0.1, -0.05) is 35.4 Å². The van der Waals surface area contributed by atoms with E-state index in [1.165, 1.54) is 0 Å². The third-order valence-electron chi connectivity index (χ3n) is 6.39. The smallest absolute Gasteiger partial charge is 0.254 e. The topological polar surface area (TPSA) is 79.7 Å². The molecule has 0 unspecified atom stereocenters. The van der Waals surface area contributed by atoms with E-state index in [9.17, 15) is 9.59 Å². The van der Waals surface area contributed by atoms with E-state index in [-0.39, 0.29) is 18.4 Å². The fraction of sp³-hybridized carbons (Fsp3) is 0.258. The number of methoxy groups -OCH3 is 1. The molecule has 0 bridgehead atoms. The van der Waals surface area contributed by atoms with E-state index in [2.05, 4.69) is 5.32 Å². The molecule has 0 aliphatic heterocycles. The predicted octanol–water partition coefficient (Wildman–Crippen LogP) is 4.81. The zero-order valence-electron chi connectivity index (χ0n) is 23.1. The molecule has 39 heavy (non-hydrogen) atoms. The van der Waals surface area contributed by atoms with Crippen LogP contribution in [0.3, 0.4) is 0 Å². The van der Waals surface area contributed by atoms with Gasteiger partial charge in [-0.3, -0.25) is 19.5 Å². The minimum Gasteiger partial charge on any atom is -0.497 e. The summed E-state index contributed by atoms with van der Waals surface area (Å²) in [6, 6.07) is 23.0. The molecule has 1 aromatic heterocycles. The molecule has 1 N–H and O–H groups in total. The maximum absolute atomic E-state index is 13.3. The number of hydrogen-bond acceptors (Lipinski definition) is 5. The van der Waals surface area contributed by atoms with Crippen LogP contribution < -0.4 is 10.1 Å². The van der Waals surface area contributed by atoms with Crippen molar-refractivity contribution in [1.82, 2.24) is 19.4 Å². The highest BCUT2D eigenvalue weighted by Gasteiger charge is 2.21. The molecule has 0 saturated heterocycles. The molecule has 2 amide bonds. The molecule has 1 heterocycles. The lowest BCUT2D eigenvalue weighted by molar-refractivity contribution is -0.117. The molecule has 8 heteroatoms. The van der Waals surface area contributed by atoms with Gasteiger partial charge in [0.25, 0.3) is 5.91 Å².